The minimum atomic E-state index is -0.920. The third-order valence-electron chi connectivity index (χ3n) is 7.34. The summed E-state index contributed by atoms with van der Waals surface area (Å²) >= 11 is 2.07. The van der Waals surface area contributed by atoms with E-state index in [0.29, 0.717) is 32.7 Å². The first-order valence-corrected chi connectivity index (χ1v) is 14.3. The molecule has 0 unspecified atom stereocenters. The Kier molecular flexibility index (Phi) is 6.88. The van der Waals surface area contributed by atoms with Crippen molar-refractivity contribution in [3.05, 3.63) is 108 Å². The second-order valence-electron chi connectivity index (χ2n) is 9.65. The van der Waals surface area contributed by atoms with Crippen LogP contribution >= 0.6 is 23.1 Å². The number of fused-ring (bicyclic) bond motifs is 2. The van der Waals surface area contributed by atoms with E-state index >= 15 is 0 Å². The lowest BCUT2D eigenvalue weighted by molar-refractivity contribution is -0.385. The fraction of sp³-hybridized carbons (Fsp3) is 0.207. The molecule has 208 valence electrons. The topological polar surface area (TPSA) is 132 Å². The van der Waals surface area contributed by atoms with Crippen LogP contribution in [0.3, 0.4) is 0 Å². The Labute approximate surface area is 242 Å². The fourth-order valence-electron chi connectivity index (χ4n) is 5.29. The number of H-pyrrole nitrogens is 1. The number of ether oxygens (including phenoxy) is 2. The molecule has 0 saturated carbocycles. The predicted octanol–water partition coefficient (Wildman–Crippen LogP) is 5.04. The quantitative estimate of drug-likeness (QED) is 0.180. The highest BCUT2D eigenvalue weighted by Gasteiger charge is 2.57. The fourth-order valence-corrected chi connectivity index (χ4v) is 7.80. The maximum Gasteiger partial charge on any atom is 0.305 e. The molecule has 0 aliphatic carbocycles. The zero-order valence-corrected chi connectivity index (χ0v) is 23.5. The number of non-ortho nitro benzene ring substituents is 1. The van der Waals surface area contributed by atoms with Gasteiger partial charge in [-0.15, -0.1) is 0 Å². The van der Waals surface area contributed by atoms with E-state index in [9.17, 15) is 24.5 Å². The summed E-state index contributed by atoms with van der Waals surface area (Å²) in [5.41, 5.74) is 2.52. The number of carbonyl (C=O) groups excluding carboxylic acids is 2. The van der Waals surface area contributed by atoms with E-state index in [1.54, 1.807) is 24.3 Å². The number of hydrogen-bond donors (Lipinski definition) is 1. The molecule has 3 heterocycles. The van der Waals surface area contributed by atoms with Crippen LogP contribution in [0.15, 0.2) is 76.6 Å². The Morgan fingerprint density at radius 3 is 2.49 bits per heavy atom. The molecule has 12 heteroatoms. The number of thioether (sulfide) groups is 1. The number of thiazole rings is 1. The summed E-state index contributed by atoms with van der Waals surface area (Å²) in [7, 11) is 1.52. The van der Waals surface area contributed by atoms with Crippen molar-refractivity contribution in [2.24, 2.45) is 5.92 Å². The average molecular weight is 590 g/mol. The molecule has 0 radical (unpaired) electrons. The lowest BCUT2D eigenvalue weighted by Crippen LogP contribution is -2.32. The van der Waals surface area contributed by atoms with Gasteiger partial charge in [0, 0.05) is 28.5 Å². The normalized spacial score (nSPS) is 19.6. The van der Waals surface area contributed by atoms with Gasteiger partial charge in [-0.05, 0) is 48.4 Å². The smallest absolute Gasteiger partial charge is 0.305 e. The second kappa shape index (κ2) is 10.5. The molecule has 1 saturated heterocycles. The Morgan fingerprint density at radius 2 is 1.78 bits per heavy atom. The highest BCUT2D eigenvalue weighted by atomic mass is 32.2. The number of anilines is 1. The number of amides is 2. The highest BCUT2D eigenvalue weighted by Crippen LogP contribution is 2.55. The summed E-state index contributed by atoms with van der Waals surface area (Å²) in [5, 5.41) is 11.4. The highest BCUT2D eigenvalue weighted by molar-refractivity contribution is 8.00. The zero-order valence-electron chi connectivity index (χ0n) is 21.9. The minimum Gasteiger partial charge on any atom is -0.497 e. The van der Waals surface area contributed by atoms with Crippen LogP contribution < -0.4 is 19.2 Å². The summed E-state index contributed by atoms with van der Waals surface area (Å²) in [6.07, 6.45) is 0. The molecular formula is C29H23N3O7S2. The van der Waals surface area contributed by atoms with Crippen LogP contribution in [0.25, 0.3) is 0 Å². The Hall–Kier alpha value is -4.42. The summed E-state index contributed by atoms with van der Waals surface area (Å²) < 4.78 is 11.4. The Balaban J connectivity index is 1.47. The average Bonchev–Trinajstić information content (AvgIpc) is 3.46. The second-order valence-corrected chi connectivity index (χ2v) is 11.8. The van der Waals surface area contributed by atoms with Crippen molar-refractivity contribution in [1.29, 1.82) is 0 Å². The molecule has 41 heavy (non-hydrogen) atoms. The van der Waals surface area contributed by atoms with Crippen molar-refractivity contribution >= 4 is 46.3 Å². The van der Waals surface area contributed by atoms with Crippen molar-refractivity contribution < 1.29 is 24.0 Å². The number of nitro benzene ring substituents is 1. The number of hydrogen-bond acceptors (Lipinski definition) is 9. The number of nitro groups is 1. The lowest BCUT2D eigenvalue weighted by atomic mass is 9.82. The predicted molar refractivity (Wildman–Crippen MR) is 154 cm³/mol. The van der Waals surface area contributed by atoms with Crippen LogP contribution in [-0.4, -0.2) is 34.1 Å². The number of methoxy groups -OCH3 is 1. The minimum absolute atomic E-state index is 0.189. The Morgan fingerprint density at radius 1 is 1.02 bits per heavy atom. The molecule has 1 fully saturated rings. The van der Waals surface area contributed by atoms with Crippen molar-refractivity contribution in [1.82, 2.24) is 4.98 Å². The third kappa shape index (κ3) is 4.68. The molecule has 10 nitrogen and oxygen atoms in total. The molecule has 0 spiro atoms. The van der Waals surface area contributed by atoms with Crippen molar-refractivity contribution in [2.45, 2.75) is 29.7 Å². The van der Waals surface area contributed by atoms with Crippen LogP contribution in [0, 0.1) is 23.0 Å². The number of rotatable bonds is 7. The molecule has 1 aromatic heterocycles. The molecule has 2 amide bonds. The van der Waals surface area contributed by atoms with Gasteiger partial charge in [-0.1, -0.05) is 47.4 Å². The van der Waals surface area contributed by atoms with Gasteiger partial charge < -0.3 is 14.5 Å². The molecule has 4 aromatic rings. The van der Waals surface area contributed by atoms with Crippen LogP contribution in [-0.2, 0) is 16.2 Å². The van der Waals surface area contributed by atoms with Gasteiger partial charge in [0.05, 0.1) is 28.7 Å². The van der Waals surface area contributed by atoms with Crippen molar-refractivity contribution in [3.8, 4) is 11.5 Å². The largest absolute Gasteiger partial charge is 0.497 e. The zero-order chi connectivity index (χ0) is 28.8. The molecule has 1 N–H and O–H groups in total. The summed E-state index contributed by atoms with van der Waals surface area (Å²) in [6.45, 7) is 2.15. The molecule has 6 rings (SSSR count). The van der Waals surface area contributed by atoms with Crippen LogP contribution in [0.4, 0.5) is 11.4 Å². The van der Waals surface area contributed by atoms with Crippen LogP contribution in [0.5, 0.6) is 11.5 Å². The monoisotopic (exact) mass is 589 g/mol. The van der Waals surface area contributed by atoms with Gasteiger partial charge in [-0.3, -0.25) is 24.5 Å². The first-order chi connectivity index (χ1) is 19.8. The first-order valence-electron chi connectivity index (χ1n) is 12.6. The van der Waals surface area contributed by atoms with Gasteiger partial charge in [0.15, 0.2) is 0 Å². The van der Waals surface area contributed by atoms with E-state index in [1.165, 1.54) is 25.3 Å². The van der Waals surface area contributed by atoms with E-state index in [-0.39, 0.29) is 17.2 Å². The van der Waals surface area contributed by atoms with Crippen molar-refractivity contribution in [3.63, 3.8) is 0 Å². The van der Waals surface area contributed by atoms with Crippen LogP contribution in [0.2, 0.25) is 0 Å². The van der Waals surface area contributed by atoms with Gasteiger partial charge in [0.2, 0.25) is 11.8 Å². The number of aromatic nitrogens is 1. The summed E-state index contributed by atoms with van der Waals surface area (Å²) in [5.74, 6) is -1.71. The number of aromatic amines is 1. The molecule has 0 bridgehead atoms. The van der Waals surface area contributed by atoms with Gasteiger partial charge in [0.25, 0.3) is 5.69 Å². The molecule has 2 aliphatic heterocycles. The molecule has 2 aliphatic rings. The van der Waals surface area contributed by atoms with Crippen molar-refractivity contribution in [2.75, 3.05) is 12.0 Å². The third-order valence-corrected chi connectivity index (χ3v) is 9.74. The van der Waals surface area contributed by atoms with Gasteiger partial charge in [-0.25, -0.2) is 4.90 Å². The van der Waals surface area contributed by atoms with E-state index in [0.717, 1.165) is 39.1 Å². The molecule has 3 aromatic carbocycles. The SMILES string of the molecule is COc1ccc(N2C(=O)[C@H]3[C@H](c4cc([N+](=O)[O-])ccc4OCc4ccccc4C)c4sc(=O)[nH]c4S[C@H]3C2=O)cc1. The lowest BCUT2D eigenvalue weighted by Gasteiger charge is -2.30. The van der Waals surface area contributed by atoms with Crippen LogP contribution in [0.1, 0.15) is 27.5 Å². The number of nitrogens with zero attached hydrogens (tertiary/aromatic N) is 2. The van der Waals surface area contributed by atoms with Gasteiger partial charge >= 0.3 is 4.87 Å². The van der Waals surface area contributed by atoms with E-state index in [4.69, 9.17) is 9.47 Å². The summed E-state index contributed by atoms with van der Waals surface area (Å²) in [6, 6.07) is 18.5. The maximum atomic E-state index is 14.1. The van der Waals surface area contributed by atoms with E-state index < -0.39 is 33.8 Å². The van der Waals surface area contributed by atoms with Gasteiger partial charge in [0.1, 0.15) is 23.4 Å². The number of benzene rings is 3. The van der Waals surface area contributed by atoms with E-state index in [2.05, 4.69) is 4.98 Å². The maximum absolute atomic E-state index is 14.1. The van der Waals surface area contributed by atoms with E-state index in [1.807, 2.05) is 31.2 Å². The Bertz CT molecular complexity index is 1750. The number of carbonyl (C=O) groups is 2. The molecular weight excluding hydrogens is 566 g/mol. The first kappa shape index (κ1) is 26.8. The molecule has 3 atom stereocenters. The standard InChI is InChI=1S/C29H23N3O7S2/c1-15-5-3-4-6-16(15)14-39-21-12-9-18(32(36)37)13-20(21)22-23-25(40-26-24(22)41-29(35)30-26)28(34)31(27(23)33)17-7-10-19(38-2)11-8-17/h3-13,22-23,25H,14H2,1-2H3,(H,30,35)/t22-,23-,25+/m0/s1. The number of imide groups is 1. The number of aryl methyl sites for hydroxylation is 1. The number of nitrogens with one attached hydrogen (secondary N) is 1. The summed E-state index contributed by atoms with van der Waals surface area (Å²) in [4.78, 5) is 55.7. The van der Waals surface area contributed by atoms with Gasteiger partial charge in [-0.2, -0.15) is 0 Å².